The van der Waals surface area contributed by atoms with Crippen LogP contribution in [0.3, 0.4) is 0 Å². The molecule has 0 aliphatic rings. The van der Waals surface area contributed by atoms with E-state index in [1.807, 2.05) is 24.3 Å². The fourth-order valence-corrected chi connectivity index (χ4v) is 2.22. The maximum absolute atomic E-state index is 11.8. The number of Topliss-reactive ketones (excluding diaryl/α,β-unsaturated/α-hetero) is 1. The Kier molecular flexibility index (Phi) is 6.37. The van der Waals surface area contributed by atoms with Crippen LogP contribution in [-0.2, 0) is 6.42 Å². The molecule has 24 heavy (non-hydrogen) atoms. The lowest BCUT2D eigenvalue weighted by atomic mass is 10.1. The molecule has 0 radical (unpaired) electrons. The molecule has 0 unspecified atom stereocenters. The van der Waals surface area contributed by atoms with Gasteiger partial charge in [0, 0.05) is 11.3 Å². The number of aryl methyl sites for hydroxylation is 1. The molecule has 0 fully saturated rings. The molecule has 2 aromatic carbocycles. The zero-order chi connectivity index (χ0) is 17.4. The normalized spacial score (nSPS) is 10.1. The van der Waals surface area contributed by atoms with Gasteiger partial charge >= 0.3 is 6.03 Å². The Balaban J connectivity index is 1.79. The van der Waals surface area contributed by atoms with Crippen molar-refractivity contribution in [3.8, 4) is 5.75 Å². The van der Waals surface area contributed by atoms with Crippen LogP contribution >= 0.6 is 0 Å². The highest BCUT2D eigenvalue weighted by Crippen LogP contribution is 2.13. The van der Waals surface area contributed by atoms with Crippen LogP contribution in [0.25, 0.3) is 0 Å². The standard InChI is InChI=1S/C19H22N2O3/c1-3-5-15-8-10-18(11-9-15)24-13-20-19(23)21-17-7-4-6-16(12-17)14(2)22/h4,6-12H,3,5,13H2,1-2H3,(H2,20,21,23). The zero-order valence-electron chi connectivity index (χ0n) is 14.0. The second-order valence-corrected chi connectivity index (χ2v) is 5.45. The molecule has 5 nitrogen and oxygen atoms in total. The quantitative estimate of drug-likeness (QED) is 0.597. The summed E-state index contributed by atoms with van der Waals surface area (Å²) in [6.07, 6.45) is 2.15. The summed E-state index contributed by atoms with van der Waals surface area (Å²) in [6, 6.07) is 14.2. The van der Waals surface area contributed by atoms with E-state index in [0.717, 1.165) is 12.8 Å². The Labute approximate surface area is 142 Å². The average Bonchev–Trinajstić information content (AvgIpc) is 2.57. The van der Waals surface area contributed by atoms with Crippen LogP contribution in [0.5, 0.6) is 5.75 Å². The van der Waals surface area contributed by atoms with Gasteiger partial charge in [0.05, 0.1) is 0 Å². The Morgan fingerprint density at radius 3 is 2.50 bits per heavy atom. The SMILES string of the molecule is CCCc1ccc(OCNC(=O)Nc2cccc(C(C)=O)c2)cc1. The Morgan fingerprint density at radius 2 is 1.83 bits per heavy atom. The molecule has 0 aliphatic heterocycles. The van der Waals surface area contributed by atoms with Crippen molar-refractivity contribution in [2.24, 2.45) is 0 Å². The molecular weight excluding hydrogens is 304 g/mol. The first-order valence-corrected chi connectivity index (χ1v) is 7.96. The van der Waals surface area contributed by atoms with E-state index in [2.05, 4.69) is 17.6 Å². The van der Waals surface area contributed by atoms with Crippen molar-refractivity contribution in [3.63, 3.8) is 0 Å². The van der Waals surface area contributed by atoms with E-state index >= 15 is 0 Å². The van der Waals surface area contributed by atoms with E-state index in [-0.39, 0.29) is 12.5 Å². The molecule has 0 saturated carbocycles. The van der Waals surface area contributed by atoms with Gasteiger partial charge in [-0.05, 0) is 43.2 Å². The number of hydrogen-bond donors (Lipinski definition) is 2. The van der Waals surface area contributed by atoms with Gasteiger partial charge in [0.15, 0.2) is 12.5 Å². The van der Waals surface area contributed by atoms with E-state index in [9.17, 15) is 9.59 Å². The van der Waals surface area contributed by atoms with Crippen LogP contribution in [-0.4, -0.2) is 18.5 Å². The van der Waals surface area contributed by atoms with Gasteiger partial charge in [-0.1, -0.05) is 37.6 Å². The first-order chi connectivity index (χ1) is 11.6. The van der Waals surface area contributed by atoms with Gasteiger partial charge in [0.25, 0.3) is 0 Å². The lowest BCUT2D eigenvalue weighted by molar-refractivity contribution is 0.101. The largest absolute Gasteiger partial charge is 0.473 e. The van der Waals surface area contributed by atoms with Gasteiger partial charge in [-0.3, -0.25) is 4.79 Å². The van der Waals surface area contributed by atoms with E-state index in [0.29, 0.717) is 17.0 Å². The van der Waals surface area contributed by atoms with Crippen molar-refractivity contribution in [3.05, 3.63) is 59.7 Å². The Morgan fingerprint density at radius 1 is 1.08 bits per heavy atom. The van der Waals surface area contributed by atoms with Crippen molar-refractivity contribution in [2.45, 2.75) is 26.7 Å². The number of hydrogen-bond acceptors (Lipinski definition) is 3. The second-order valence-electron chi connectivity index (χ2n) is 5.45. The van der Waals surface area contributed by atoms with Gasteiger partial charge in [0.1, 0.15) is 5.75 Å². The van der Waals surface area contributed by atoms with Gasteiger partial charge in [-0.15, -0.1) is 0 Å². The van der Waals surface area contributed by atoms with Crippen LogP contribution in [0.4, 0.5) is 10.5 Å². The van der Waals surface area contributed by atoms with E-state index in [4.69, 9.17) is 4.74 Å². The molecule has 2 aromatic rings. The zero-order valence-corrected chi connectivity index (χ0v) is 14.0. The number of benzene rings is 2. The summed E-state index contributed by atoms with van der Waals surface area (Å²) >= 11 is 0. The fourth-order valence-electron chi connectivity index (χ4n) is 2.22. The van der Waals surface area contributed by atoms with E-state index < -0.39 is 6.03 Å². The number of nitrogens with one attached hydrogen (secondary N) is 2. The van der Waals surface area contributed by atoms with Crippen LogP contribution in [0, 0.1) is 0 Å². The third-order valence-corrected chi connectivity index (χ3v) is 3.46. The number of ketones is 1. The summed E-state index contributed by atoms with van der Waals surface area (Å²) in [5, 5.41) is 5.28. The molecule has 0 heterocycles. The first kappa shape index (κ1) is 17.5. The molecule has 5 heteroatoms. The van der Waals surface area contributed by atoms with Crippen molar-refractivity contribution in [1.82, 2.24) is 5.32 Å². The van der Waals surface area contributed by atoms with E-state index in [1.165, 1.54) is 12.5 Å². The summed E-state index contributed by atoms with van der Waals surface area (Å²) in [6.45, 7) is 3.68. The fraction of sp³-hybridized carbons (Fsp3) is 0.263. The minimum atomic E-state index is -0.390. The maximum Gasteiger partial charge on any atom is 0.321 e. The molecule has 0 aromatic heterocycles. The summed E-state index contributed by atoms with van der Waals surface area (Å²) in [5.41, 5.74) is 2.38. The van der Waals surface area contributed by atoms with Crippen molar-refractivity contribution < 1.29 is 14.3 Å². The molecule has 0 saturated heterocycles. The van der Waals surface area contributed by atoms with Crippen molar-refractivity contribution in [2.75, 3.05) is 12.0 Å². The molecule has 2 N–H and O–H groups in total. The topological polar surface area (TPSA) is 67.4 Å². The molecular formula is C19H22N2O3. The first-order valence-electron chi connectivity index (χ1n) is 7.96. The predicted octanol–water partition coefficient (Wildman–Crippen LogP) is 4.00. The average molecular weight is 326 g/mol. The number of rotatable bonds is 7. The highest BCUT2D eigenvalue weighted by Gasteiger charge is 2.04. The van der Waals surface area contributed by atoms with Crippen molar-refractivity contribution >= 4 is 17.5 Å². The highest BCUT2D eigenvalue weighted by molar-refractivity contribution is 5.96. The number of amides is 2. The minimum absolute atomic E-state index is 0.0473. The minimum Gasteiger partial charge on any atom is -0.473 e. The van der Waals surface area contributed by atoms with Crippen LogP contribution in [0.2, 0.25) is 0 Å². The highest BCUT2D eigenvalue weighted by atomic mass is 16.5. The maximum atomic E-state index is 11.8. The second kappa shape index (κ2) is 8.72. The lowest BCUT2D eigenvalue weighted by Crippen LogP contribution is -2.32. The van der Waals surface area contributed by atoms with Crippen molar-refractivity contribution in [1.29, 1.82) is 0 Å². The van der Waals surface area contributed by atoms with Gasteiger partial charge in [0.2, 0.25) is 0 Å². The third-order valence-electron chi connectivity index (χ3n) is 3.46. The number of ether oxygens (including phenoxy) is 1. The van der Waals surface area contributed by atoms with Gasteiger partial charge < -0.3 is 15.4 Å². The molecule has 0 atom stereocenters. The molecule has 2 rings (SSSR count). The molecule has 126 valence electrons. The molecule has 0 aliphatic carbocycles. The summed E-state index contributed by atoms with van der Waals surface area (Å²) in [4.78, 5) is 23.2. The smallest absolute Gasteiger partial charge is 0.321 e. The van der Waals surface area contributed by atoms with Gasteiger partial charge in [-0.25, -0.2) is 4.79 Å². The number of carbonyl (C=O) groups is 2. The summed E-state index contributed by atoms with van der Waals surface area (Å²) in [7, 11) is 0. The molecule has 0 bridgehead atoms. The number of urea groups is 1. The summed E-state index contributed by atoms with van der Waals surface area (Å²) in [5.74, 6) is 0.655. The van der Waals surface area contributed by atoms with Crippen LogP contribution < -0.4 is 15.4 Å². The molecule has 0 spiro atoms. The van der Waals surface area contributed by atoms with Crippen LogP contribution in [0.15, 0.2) is 48.5 Å². The predicted molar refractivity (Wildman–Crippen MR) is 94.5 cm³/mol. The molecule has 2 amide bonds. The number of anilines is 1. The lowest BCUT2D eigenvalue weighted by Gasteiger charge is -2.10. The summed E-state index contributed by atoms with van der Waals surface area (Å²) < 4.78 is 5.48. The Bertz CT molecular complexity index is 696. The van der Waals surface area contributed by atoms with Crippen LogP contribution in [0.1, 0.15) is 36.2 Å². The third kappa shape index (κ3) is 5.43. The number of carbonyl (C=O) groups excluding carboxylic acids is 2. The Hall–Kier alpha value is -2.82. The van der Waals surface area contributed by atoms with Gasteiger partial charge in [-0.2, -0.15) is 0 Å². The van der Waals surface area contributed by atoms with E-state index in [1.54, 1.807) is 24.3 Å². The monoisotopic (exact) mass is 326 g/mol.